The lowest BCUT2D eigenvalue weighted by atomic mass is 10.1. The van der Waals surface area contributed by atoms with Gasteiger partial charge >= 0.3 is 5.97 Å². The van der Waals surface area contributed by atoms with Crippen LogP contribution in [-0.2, 0) is 4.74 Å². The summed E-state index contributed by atoms with van der Waals surface area (Å²) in [4.78, 5) is 25.8. The van der Waals surface area contributed by atoms with Crippen LogP contribution >= 0.6 is 0 Å². The first kappa shape index (κ1) is 12.0. The number of hydrogen-bond donors (Lipinski definition) is 0. The van der Waals surface area contributed by atoms with Gasteiger partial charge in [0, 0.05) is 5.56 Å². The van der Waals surface area contributed by atoms with Crippen molar-refractivity contribution >= 4 is 12.3 Å². The quantitative estimate of drug-likeness (QED) is 0.599. The molecule has 0 unspecified atom stereocenters. The van der Waals surface area contributed by atoms with Crippen molar-refractivity contribution in [2.24, 2.45) is 0 Å². The number of methoxy groups -OCH3 is 1. The Kier molecular flexibility index (Phi) is 3.18. The first-order valence-corrected chi connectivity index (χ1v) is 5.22. The molecule has 18 heavy (non-hydrogen) atoms. The third-order valence-electron chi connectivity index (χ3n) is 2.48. The maximum atomic E-state index is 11.2. The van der Waals surface area contributed by atoms with Crippen LogP contribution in [0.15, 0.2) is 24.5 Å². The first-order chi connectivity index (χ1) is 8.65. The largest absolute Gasteiger partial charge is 0.463 e. The van der Waals surface area contributed by atoms with E-state index in [1.165, 1.54) is 18.1 Å². The fourth-order valence-electron chi connectivity index (χ4n) is 1.51. The van der Waals surface area contributed by atoms with Gasteiger partial charge in [-0.1, -0.05) is 12.1 Å². The minimum Gasteiger partial charge on any atom is -0.463 e. The molecule has 92 valence electrons. The summed E-state index contributed by atoms with van der Waals surface area (Å²) in [5.74, 6) is -0.619. The molecule has 0 aliphatic rings. The van der Waals surface area contributed by atoms with Crippen molar-refractivity contribution in [3.05, 3.63) is 41.5 Å². The van der Waals surface area contributed by atoms with E-state index in [2.05, 4.69) is 14.8 Å². The van der Waals surface area contributed by atoms with E-state index >= 15 is 0 Å². The average molecular weight is 245 g/mol. The van der Waals surface area contributed by atoms with E-state index in [-0.39, 0.29) is 5.82 Å². The molecule has 0 N–H and O–H groups in total. The molecular formula is C12H11N3O3. The Bertz CT molecular complexity index is 604. The van der Waals surface area contributed by atoms with Gasteiger partial charge in [0.25, 0.3) is 5.82 Å². The van der Waals surface area contributed by atoms with Crippen LogP contribution in [0.25, 0.3) is 5.69 Å². The average Bonchev–Trinajstić information content (AvgIpc) is 2.88. The van der Waals surface area contributed by atoms with Gasteiger partial charge in [-0.05, 0) is 18.6 Å². The zero-order valence-corrected chi connectivity index (χ0v) is 9.95. The third kappa shape index (κ3) is 2.13. The molecule has 1 aromatic carbocycles. The minimum absolute atomic E-state index is 0.0200. The van der Waals surface area contributed by atoms with Gasteiger partial charge in [0.2, 0.25) is 0 Å². The molecule has 0 radical (unpaired) electrons. The summed E-state index contributed by atoms with van der Waals surface area (Å²) in [6, 6.07) is 5.20. The summed E-state index contributed by atoms with van der Waals surface area (Å²) in [5.41, 5.74) is 2.15. The van der Waals surface area contributed by atoms with Gasteiger partial charge in [-0.3, -0.25) is 4.79 Å². The highest BCUT2D eigenvalue weighted by molar-refractivity contribution is 5.84. The molecule has 0 amide bonds. The molecule has 6 nitrogen and oxygen atoms in total. The standard InChI is InChI=1S/C12H11N3O3/c1-8-3-4-9(6-16)5-10(8)15-7-13-11(14-15)12(17)18-2/h3-7H,1-2H3. The maximum absolute atomic E-state index is 11.2. The molecule has 0 saturated carbocycles. The Labute approximate surface area is 103 Å². The van der Waals surface area contributed by atoms with E-state index in [0.717, 1.165) is 11.8 Å². The van der Waals surface area contributed by atoms with Crippen LogP contribution in [0.1, 0.15) is 26.5 Å². The second-order valence-electron chi connectivity index (χ2n) is 3.67. The van der Waals surface area contributed by atoms with E-state index in [1.54, 1.807) is 18.2 Å². The molecular weight excluding hydrogens is 234 g/mol. The number of carbonyl (C=O) groups excluding carboxylic acids is 2. The molecule has 2 rings (SSSR count). The summed E-state index contributed by atoms with van der Waals surface area (Å²) >= 11 is 0. The van der Waals surface area contributed by atoms with Crippen LogP contribution in [0, 0.1) is 6.92 Å². The van der Waals surface area contributed by atoms with Crippen LogP contribution in [0.4, 0.5) is 0 Å². The van der Waals surface area contributed by atoms with Crippen molar-refractivity contribution in [3.63, 3.8) is 0 Å². The second kappa shape index (κ2) is 4.79. The Balaban J connectivity index is 2.45. The number of carbonyl (C=O) groups is 2. The fraction of sp³-hybridized carbons (Fsp3) is 0.167. The lowest BCUT2D eigenvalue weighted by Gasteiger charge is -2.05. The molecule has 6 heteroatoms. The minimum atomic E-state index is -0.599. The summed E-state index contributed by atoms with van der Waals surface area (Å²) in [6.45, 7) is 1.88. The summed E-state index contributed by atoms with van der Waals surface area (Å²) in [7, 11) is 1.27. The van der Waals surface area contributed by atoms with Gasteiger partial charge in [-0.15, -0.1) is 5.10 Å². The maximum Gasteiger partial charge on any atom is 0.377 e. The molecule has 0 fully saturated rings. The van der Waals surface area contributed by atoms with E-state index in [0.29, 0.717) is 11.3 Å². The highest BCUT2D eigenvalue weighted by Gasteiger charge is 2.13. The third-order valence-corrected chi connectivity index (χ3v) is 2.48. The van der Waals surface area contributed by atoms with Gasteiger partial charge in [-0.25, -0.2) is 14.5 Å². The summed E-state index contributed by atoms with van der Waals surface area (Å²) in [5, 5.41) is 4.00. The number of aldehydes is 1. The monoisotopic (exact) mass is 245 g/mol. The Hall–Kier alpha value is -2.50. The molecule has 0 atom stereocenters. The van der Waals surface area contributed by atoms with Crippen molar-refractivity contribution < 1.29 is 14.3 Å². The van der Waals surface area contributed by atoms with Crippen LogP contribution in [0.5, 0.6) is 0 Å². The predicted molar refractivity (Wildman–Crippen MR) is 62.8 cm³/mol. The number of aryl methyl sites for hydroxylation is 1. The lowest BCUT2D eigenvalue weighted by Crippen LogP contribution is -2.06. The molecule has 0 bridgehead atoms. The summed E-state index contributed by atoms with van der Waals surface area (Å²) in [6.07, 6.45) is 2.16. The van der Waals surface area contributed by atoms with Crippen molar-refractivity contribution in [3.8, 4) is 5.69 Å². The van der Waals surface area contributed by atoms with Crippen LogP contribution in [0.3, 0.4) is 0 Å². The highest BCUT2D eigenvalue weighted by atomic mass is 16.5. The van der Waals surface area contributed by atoms with E-state index in [4.69, 9.17) is 0 Å². The smallest absolute Gasteiger partial charge is 0.377 e. The van der Waals surface area contributed by atoms with E-state index in [9.17, 15) is 9.59 Å². The molecule has 1 aromatic heterocycles. The highest BCUT2D eigenvalue weighted by Crippen LogP contribution is 2.14. The van der Waals surface area contributed by atoms with Gasteiger partial charge in [-0.2, -0.15) is 0 Å². The van der Waals surface area contributed by atoms with Crippen LogP contribution < -0.4 is 0 Å². The molecule has 2 aromatic rings. The predicted octanol–water partition coefficient (Wildman–Crippen LogP) is 1.17. The molecule has 0 saturated heterocycles. The zero-order valence-electron chi connectivity index (χ0n) is 9.95. The SMILES string of the molecule is COC(=O)c1ncn(-c2cc(C=O)ccc2C)n1. The Morgan fingerprint density at radius 3 is 2.89 bits per heavy atom. The van der Waals surface area contributed by atoms with Crippen molar-refractivity contribution in [2.75, 3.05) is 7.11 Å². The molecule has 0 aliphatic carbocycles. The number of benzene rings is 1. The van der Waals surface area contributed by atoms with Crippen molar-refractivity contribution in [1.82, 2.24) is 14.8 Å². The second-order valence-corrected chi connectivity index (χ2v) is 3.67. The first-order valence-electron chi connectivity index (χ1n) is 5.22. The normalized spacial score (nSPS) is 10.1. The number of aromatic nitrogens is 3. The van der Waals surface area contributed by atoms with Gasteiger partial charge in [0.15, 0.2) is 0 Å². The lowest BCUT2D eigenvalue weighted by molar-refractivity contribution is 0.0587. The summed E-state index contributed by atoms with van der Waals surface area (Å²) < 4.78 is 5.97. The molecule has 0 aliphatic heterocycles. The van der Waals surface area contributed by atoms with Crippen molar-refractivity contribution in [2.45, 2.75) is 6.92 Å². The van der Waals surface area contributed by atoms with Gasteiger partial charge in [0.1, 0.15) is 12.6 Å². The van der Waals surface area contributed by atoms with Gasteiger partial charge < -0.3 is 4.74 Å². The van der Waals surface area contributed by atoms with Crippen LogP contribution in [-0.4, -0.2) is 34.1 Å². The van der Waals surface area contributed by atoms with Gasteiger partial charge in [0.05, 0.1) is 12.8 Å². The van der Waals surface area contributed by atoms with E-state index < -0.39 is 5.97 Å². The topological polar surface area (TPSA) is 74.1 Å². The van der Waals surface area contributed by atoms with Crippen LogP contribution in [0.2, 0.25) is 0 Å². The fourth-order valence-corrected chi connectivity index (χ4v) is 1.51. The Morgan fingerprint density at radius 1 is 1.44 bits per heavy atom. The molecule has 0 spiro atoms. The van der Waals surface area contributed by atoms with E-state index in [1.807, 2.05) is 6.92 Å². The number of nitrogens with zero attached hydrogens (tertiary/aromatic N) is 3. The molecule has 1 heterocycles. The number of rotatable bonds is 3. The Morgan fingerprint density at radius 2 is 2.22 bits per heavy atom. The zero-order chi connectivity index (χ0) is 13.1. The van der Waals surface area contributed by atoms with Crippen molar-refractivity contribution in [1.29, 1.82) is 0 Å². The number of hydrogen-bond acceptors (Lipinski definition) is 5. The number of ether oxygens (including phenoxy) is 1. The number of esters is 1.